The summed E-state index contributed by atoms with van der Waals surface area (Å²) in [4.78, 5) is 27.6. The molecule has 2 amide bonds. The molecule has 0 aromatic heterocycles. The van der Waals surface area contributed by atoms with Gasteiger partial charge in [-0.2, -0.15) is 0 Å². The summed E-state index contributed by atoms with van der Waals surface area (Å²) in [5.41, 5.74) is 1.36. The number of fused-ring (bicyclic) bond motifs is 1. The molecule has 1 N–H and O–H groups in total. The number of unbranched alkanes of at least 4 members (excludes halogenated alkanes) is 1. The van der Waals surface area contributed by atoms with Crippen molar-refractivity contribution >= 4 is 27.5 Å². The quantitative estimate of drug-likeness (QED) is 0.409. The van der Waals surface area contributed by atoms with Gasteiger partial charge in [0.15, 0.2) is 11.5 Å². The molecular weight excluding hydrogens is 482 g/mol. The van der Waals surface area contributed by atoms with Crippen molar-refractivity contribution in [2.45, 2.75) is 52.1 Å². The van der Waals surface area contributed by atoms with Gasteiger partial charge in [-0.25, -0.2) is 8.42 Å². The minimum absolute atomic E-state index is 0.0909. The molecule has 0 saturated heterocycles. The van der Waals surface area contributed by atoms with Gasteiger partial charge in [0.25, 0.3) is 0 Å². The second-order valence-corrected chi connectivity index (χ2v) is 10.7. The molecule has 2 aromatic carbocycles. The average molecular weight is 518 g/mol. The van der Waals surface area contributed by atoms with E-state index in [2.05, 4.69) is 5.32 Å². The van der Waals surface area contributed by atoms with Crippen LogP contribution in [0, 0.1) is 0 Å². The summed E-state index contributed by atoms with van der Waals surface area (Å²) < 4.78 is 37.0. The Kier molecular flexibility index (Phi) is 9.58. The summed E-state index contributed by atoms with van der Waals surface area (Å²) in [5, 5.41) is 2.90. The second-order valence-electron chi connectivity index (χ2n) is 8.80. The Morgan fingerprint density at radius 2 is 1.78 bits per heavy atom. The van der Waals surface area contributed by atoms with Crippen molar-refractivity contribution < 1.29 is 27.5 Å². The van der Waals surface area contributed by atoms with Crippen LogP contribution in [0.2, 0.25) is 0 Å². The number of nitrogens with zero attached hydrogens (tertiary/aromatic N) is 2. The summed E-state index contributed by atoms with van der Waals surface area (Å²) >= 11 is 0. The predicted molar refractivity (Wildman–Crippen MR) is 138 cm³/mol. The van der Waals surface area contributed by atoms with Gasteiger partial charge in [0.1, 0.15) is 6.04 Å². The number of nitrogens with one attached hydrogen (secondary N) is 1. The number of hydrogen-bond donors (Lipinski definition) is 1. The standard InChI is InChI=1S/C26H35N3O6S/c1-4-5-15-27-26(31)20(2)28(18-21-10-7-6-8-11-21)25(30)12-9-16-29(36(3,32)33)22-13-14-23-24(17-22)35-19-34-23/h6-8,10-11,13-14,17,20H,4-5,9,12,15-16,18-19H2,1-3H3,(H,27,31)/t20-/m1/s1. The number of ether oxygens (including phenoxy) is 2. The number of benzene rings is 2. The maximum Gasteiger partial charge on any atom is 0.242 e. The lowest BCUT2D eigenvalue weighted by atomic mass is 10.1. The first kappa shape index (κ1) is 27.3. The maximum absolute atomic E-state index is 13.3. The molecule has 2 aromatic rings. The summed E-state index contributed by atoms with van der Waals surface area (Å²) in [7, 11) is -3.60. The van der Waals surface area contributed by atoms with Gasteiger partial charge in [-0.05, 0) is 37.5 Å². The van der Waals surface area contributed by atoms with Crippen LogP contribution >= 0.6 is 0 Å². The maximum atomic E-state index is 13.3. The third-order valence-corrected chi connectivity index (χ3v) is 7.18. The molecule has 1 heterocycles. The van der Waals surface area contributed by atoms with Crippen molar-refractivity contribution in [3.05, 3.63) is 54.1 Å². The predicted octanol–water partition coefficient (Wildman–Crippen LogP) is 3.30. The molecule has 9 nitrogen and oxygen atoms in total. The van der Waals surface area contributed by atoms with E-state index in [-0.39, 0.29) is 38.0 Å². The number of rotatable bonds is 13. The highest BCUT2D eigenvalue weighted by atomic mass is 32.2. The first-order chi connectivity index (χ1) is 17.2. The Morgan fingerprint density at radius 1 is 1.06 bits per heavy atom. The molecular formula is C26H35N3O6S. The van der Waals surface area contributed by atoms with E-state index in [1.54, 1.807) is 30.0 Å². The molecule has 1 aliphatic heterocycles. The highest BCUT2D eigenvalue weighted by Gasteiger charge is 2.27. The highest BCUT2D eigenvalue weighted by Crippen LogP contribution is 2.36. The van der Waals surface area contributed by atoms with E-state index in [9.17, 15) is 18.0 Å². The molecule has 1 atom stereocenters. The molecule has 0 saturated carbocycles. The third kappa shape index (κ3) is 7.36. The van der Waals surface area contributed by atoms with Gasteiger partial charge in [0.05, 0.1) is 11.9 Å². The number of carbonyl (C=O) groups excluding carboxylic acids is 2. The van der Waals surface area contributed by atoms with Crippen LogP contribution in [-0.4, -0.2) is 57.3 Å². The van der Waals surface area contributed by atoms with Gasteiger partial charge >= 0.3 is 0 Å². The van der Waals surface area contributed by atoms with Gasteiger partial charge in [0.2, 0.25) is 28.6 Å². The van der Waals surface area contributed by atoms with Crippen LogP contribution in [0.4, 0.5) is 5.69 Å². The molecule has 0 spiro atoms. The molecule has 1 aliphatic rings. The normalized spacial score (nSPS) is 13.2. The van der Waals surface area contributed by atoms with Gasteiger partial charge < -0.3 is 19.7 Å². The zero-order valence-corrected chi connectivity index (χ0v) is 21.9. The fraction of sp³-hybridized carbons (Fsp3) is 0.462. The van der Waals surface area contributed by atoms with E-state index in [1.165, 1.54) is 4.31 Å². The van der Waals surface area contributed by atoms with Crippen LogP contribution < -0.4 is 19.1 Å². The fourth-order valence-electron chi connectivity index (χ4n) is 3.94. The number of hydrogen-bond acceptors (Lipinski definition) is 6. The highest BCUT2D eigenvalue weighted by molar-refractivity contribution is 7.92. The van der Waals surface area contributed by atoms with E-state index < -0.39 is 16.1 Å². The zero-order valence-electron chi connectivity index (χ0n) is 21.1. The first-order valence-corrected chi connectivity index (χ1v) is 14.0. The van der Waals surface area contributed by atoms with Crippen molar-refractivity contribution in [2.24, 2.45) is 0 Å². The minimum Gasteiger partial charge on any atom is -0.454 e. The monoisotopic (exact) mass is 517 g/mol. The molecule has 10 heteroatoms. The largest absolute Gasteiger partial charge is 0.454 e. The topological polar surface area (TPSA) is 105 Å². The number of amides is 2. The van der Waals surface area contributed by atoms with Crippen molar-refractivity contribution in [2.75, 3.05) is 30.4 Å². The minimum atomic E-state index is -3.60. The van der Waals surface area contributed by atoms with Crippen molar-refractivity contribution in [3.63, 3.8) is 0 Å². The van der Waals surface area contributed by atoms with Crippen LogP contribution in [0.15, 0.2) is 48.5 Å². The van der Waals surface area contributed by atoms with Crippen molar-refractivity contribution in [3.8, 4) is 11.5 Å². The molecule has 0 bridgehead atoms. The molecule has 3 rings (SSSR count). The number of carbonyl (C=O) groups is 2. The number of sulfonamides is 1. The second kappa shape index (κ2) is 12.6. The van der Waals surface area contributed by atoms with Gasteiger partial charge in [0, 0.05) is 32.1 Å². The smallest absolute Gasteiger partial charge is 0.242 e. The summed E-state index contributed by atoms with van der Waals surface area (Å²) in [6.45, 7) is 4.82. The van der Waals surface area contributed by atoms with E-state index >= 15 is 0 Å². The lowest BCUT2D eigenvalue weighted by Crippen LogP contribution is -2.47. The Labute approximate surface area is 213 Å². The van der Waals surface area contributed by atoms with Crippen LogP contribution in [0.25, 0.3) is 0 Å². The van der Waals surface area contributed by atoms with Gasteiger partial charge in [-0.15, -0.1) is 0 Å². The molecule has 0 aliphatic carbocycles. The van der Waals surface area contributed by atoms with E-state index in [0.717, 1.165) is 24.7 Å². The number of anilines is 1. The summed E-state index contributed by atoms with van der Waals surface area (Å²) in [6, 6.07) is 13.8. The van der Waals surface area contributed by atoms with E-state index in [1.807, 2.05) is 37.3 Å². The van der Waals surface area contributed by atoms with Gasteiger partial charge in [-0.1, -0.05) is 43.7 Å². The molecule has 36 heavy (non-hydrogen) atoms. The lowest BCUT2D eigenvalue weighted by molar-refractivity contribution is -0.140. The average Bonchev–Trinajstić information content (AvgIpc) is 3.32. The van der Waals surface area contributed by atoms with E-state index in [0.29, 0.717) is 30.3 Å². The van der Waals surface area contributed by atoms with E-state index in [4.69, 9.17) is 9.47 Å². The molecule has 0 unspecified atom stereocenters. The van der Waals surface area contributed by atoms with Crippen LogP contribution in [-0.2, 0) is 26.2 Å². The third-order valence-electron chi connectivity index (χ3n) is 5.99. The molecule has 0 radical (unpaired) electrons. The Bertz CT molecular complexity index is 1140. The Morgan fingerprint density at radius 3 is 2.47 bits per heavy atom. The SMILES string of the molecule is CCCCNC(=O)[C@@H](C)N(Cc1ccccc1)C(=O)CCCN(c1ccc2c(c1)OCO2)S(C)(=O)=O. The van der Waals surface area contributed by atoms with Crippen LogP contribution in [0.5, 0.6) is 11.5 Å². The Hall–Kier alpha value is -3.27. The molecule has 0 fully saturated rings. The van der Waals surface area contributed by atoms with Crippen LogP contribution in [0.3, 0.4) is 0 Å². The first-order valence-electron chi connectivity index (χ1n) is 12.2. The zero-order chi connectivity index (χ0) is 26.1. The van der Waals surface area contributed by atoms with Gasteiger partial charge in [-0.3, -0.25) is 13.9 Å². The van der Waals surface area contributed by atoms with Crippen molar-refractivity contribution in [1.82, 2.24) is 10.2 Å². The fourth-order valence-corrected chi connectivity index (χ4v) is 4.90. The van der Waals surface area contributed by atoms with Crippen LogP contribution in [0.1, 0.15) is 45.1 Å². The summed E-state index contributed by atoms with van der Waals surface area (Å²) in [5.74, 6) is 0.626. The van der Waals surface area contributed by atoms with Crippen molar-refractivity contribution in [1.29, 1.82) is 0 Å². The summed E-state index contributed by atoms with van der Waals surface area (Å²) in [6.07, 6.45) is 3.34. The molecule has 196 valence electrons. The lowest BCUT2D eigenvalue weighted by Gasteiger charge is -2.29. The Balaban J connectivity index is 1.69.